The summed E-state index contributed by atoms with van der Waals surface area (Å²) < 4.78 is 8.53. The largest absolute Gasteiger partial charge is 0.359 e. The van der Waals surface area contributed by atoms with Crippen LogP contribution in [0.2, 0.25) is 0 Å². The third-order valence-electron chi connectivity index (χ3n) is 2.58. The molecular formula is C7H3N7O7. The summed E-state index contributed by atoms with van der Waals surface area (Å²) in [6.07, 6.45) is 0. The zero-order valence-electron chi connectivity index (χ0n) is 9.67. The quantitative estimate of drug-likeness (QED) is 0.324. The molecule has 3 aromatic rings. The van der Waals surface area contributed by atoms with E-state index in [9.17, 15) is 25.3 Å². The molecule has 0 aliphatic carbocycles. The highest BCUT2D eigenvalue weighted by Gasteiger charge is 2.38. The Hall–Kier alpha value is -3.71. The number of carbonyl (C=O) groups excluding carboxylic acids is 1. The minimum absolute atomic E-state index is 0.179. The molecule has 0 aliphatic rings. The zero-order valence-corrected chi connectivity index (χ0v) is 9.67. The van der Waals surface area contributed by atoms with Crippen LogP contribution in [0.5, 0.6) is 0 Å². The highest BCUT2D eigenvalue weighted by molar-refractivity contribution is 6.12. The van der Waals surface area contributed by atoms with Crippen molar-refractivity contribution in [2.24, 2.45) is 5.73 Å². The monoisotopic (exact) mass is 297 g/mol. The molecule has 0 aliphatic heterocycles. The number of rotatable bonds is 2. The van der Waals surface area contributed by atoms with Gasteiger partial charge in [-0.15, -0.1) is 0 Å². The van der Waals surface area contributed by atoms with Gasteiger partial charge in [0, 0.05) is 0 Å². The lowest BCUT2D eigenvalue weighted by molar-refractivity contribution is -0.782. The number of hydrogen-bond acceptors (Lipinski definition) is 9. The molecule has 0 unspecified atom stereocenters. The lowest BCUT2D eigenvalue weighted by Crippen LogP contribution is -2.28. The van der Waals surface area contributed by atoms with Gasteiger partial charge in [-0.25, -0.2) is 4.79 Å². The third-order valence-corrected chi connectivity index (χ3v) is 2.58. The van der Waals surface area contributed by atoms with Gasteiger partial charge < -0.3 is 16.1 Å². The number of fused-ring (bicyclic) bond motifs is 3. The molecule has 1 aromatic carbocycles. The molecule has 2 heterocycles. The number of nitrogens with zero attached hydrogens (tertiary/aromatic N) is 5. The smallest absolute Gasteiger partial charge is 0.355 e. The standard InChI is InChI=1S/C7H3N7O7/c8-7(15)9-1-4(12(16)17)2-6(14(19)20-10-2)3-5(1)13(18)21-11-3/h(H3,8,9,15). The van der Waals surface area contributed by atoms with E-state index in [1.165, 1.54) is 0 Å². The average molecular weight is 297 g/mol. The van der Waals surface area contributed by atoms with Crippen LogP contribution >= 0.6 is 0 Å². The highest BCUT2D eigenvalue weighted by Crippen LogP contribution is 2.37. The maximum Gasteiger partial charge on any atom is 0.355 e. The van der Waals surface area contributed by atoms with Gasteiger partial charge in [0.1, 0.15) is 0 Å². The van der Waals surface area contributed by atoms with Crippen LogP contribution in [0.3, 0.4) is 0 Å². The third kappa shape index (κ3) is 1.55. The van der Waals surface area contributed by atoms with Gasteiger partial charge in [-0.05, 0) is 9.81 Å². The average Bonchev–Trinajstić information content (AvgIpc) is 2.93. The SMILES string of the molecule is NC(=O)Nc1c([N+](=O)[O-])c2no[n+]([O-])c2c2no[n+]([O-])c12. The number of benzene rings is 1. The summed E-state index contributed by atoms with van der Waals surface area (Å²) in [5.74, 6) is 0. The molecule has 108 valence electrons. The summed E-state index contributed by atoms with van der Waals surface area (Å²) in [5, 5.41) is 42.6. The number of carbonyl (C=O) groups is 1. The summed E-state index contributed by atoms with van der Waals surface area (Å²) in [5.41, 5.74) is 1.46. The molecule has 0 saturated carbocycles. The fourth-order valence-electron chi connectivity index (χ4n) is 1.87. The number of nitrogens with two attached hydrogens (primary N) is 1. The highest BCUT2D eigenvalue weighted by atomic mass is 16.8. The Morgan fingerprint density at radius 3 is 2.33 bits per heavy atom. The van der Waals surface area contributed by atoms with Crippen LogP contribution in [-0.2, 0) is 0 Å². The van der Waals surface area contributed by atoms with Gasteiger partial charge in [0.25, 0.3) is 11.0 Å². The number of nitro groups is 1. The number of aromatic nitrogens is 4. The van der Waals surface area contributed by atoms with Crippen LogP contribution in [0.15, 0.2) is 9.26 Å². The minimum Gasteiger partial charge on any atom is -0.359 e. The minimum atomic E-state index is -1.18. The van der Waals surface area contributed by atoms with E-state index >= 15 is 0 Å². The Morgan fingerprint density at radius 1 is 1.19 bits per heavy atom. The van der Waals surface area contributed by atoms with Crippen LogP contribution in [0.4, 0.5) is 16.2 Å². The van der Waals surface area contributed by atoms with Gasteiger partial charge in [0.05, 0.1) is 15.2 Å². The topological polar surface area (TPSA) is 204 Å². The lowest BCUT2D eigenvalue weighted by Gasteiger charge is -2.01. The van der Waals surface area contributed by atoms with E-state index in [2.05, 4.69) is 19.6 Å². The first kappa shape index (κ1) is 12.3. The van der Waals surface area contributed by atoms with Gasteiger partial charge in [-0.2, -0.15) is 0 Å². The van der Waals surface area contributed by atoms with Crippen molar-refractivity contribution in [3.8, 4) is 0 Å². The molecule has 0 fully saturated rings. The fraction of sp³-hybridized carbons (Fsp3) is 0. The number of amides is 2. The normalized spacial score (nSPS) is 11.0. The Balaban J connectivity index is 2.60. The molecule has 0 radical (unpaired) electrons. The Morgan fingerprint density at radius 2 is 1.76 bits per heavy atom. The van der Waals surface area contributed by atoms with Crippen LogP contribution < -0.4 is 20.9 Å². The molecule has 0 saturated heterocycles. The van der Waals surface area contributed by atoms with E-state index in [4.69, 9.17) is 5.73 Å². The Labute approximate surface area is 111 Å². The second kappa shape index (κ2) is 3.89. The van der Waals surface area contributed by atoms with Gasteiger partial charge in [-0.3, -0.25) is 24.7 Å². The summed E-state index contributed by atoms with van der Waals surface area (Å²) in [7, 11) is 0. The second-order valence-corrected chi connectivity index (χ2v) is 3.72. The van der Waals surface area contributed by atoms with Crippen molar-refractivity contribution in [1.29, 1.82) is 0 Å². The summed E-state index contributed by atoms with van der Waals surface area (Å²) in [6.45, 7) is 0. The first-order chi connectivity index (χ1) is 9.91. The van der Waals surface area contributed by atoms with Crippen molar-refractivity contribution < 1.29 is 28.8 Å². The summed E-state index contributed by atoms with van der Waals surface area (Å²) in [4.78, 5) is 20.8. The van der Waals surface area contributed by atoms with Gasteiger partial charge in [-0.1, -0.05) is 0 Å². The van der Waals surface area contributed by atoms with E-state index in [1.54, 1.807) is 0 Å². The first-order valence-electron chi connectivity index (χ1n) is 5.07. The molecule has 2 amide bonds. The first-order valence-corrected chi connectivity index (χ1v) is 5.07. The molecule has 14 nitrogen and oxygen atoms in total. The zero-order chi connectivity index (χ0) is 15.3. The number of anilines is 1. The molecular weight excluding hydrogens is 294 g/mol. The van der Waals surface area contributed by atoms with E-state index < -0.39 is 38.9 Å². The lowest BCUT2D eigenvalue weighted by atomic mass is 10.2. The van der Waals surface area contributed by atoms with Crippen molar-refractivity contribution in [3.63, 3.8) is 0 Å². The van der Waals surface area contributed by atoms with Gasteiger partial charge in [0.15, 0.2) is 5.69 Å². The van der Waals surface area contributed by atoms with Crippen molar-refractivity contribution in [1.82, 2.24) is 10.3 Å². The maximum absolute atomic E-state index is 11.5. The molecule has 14 heteroatoms. The molecule has 0 spiro atoms. The number of nitro benzene ring substituents is 1. The molecule has 2 aromatic heterocycles. The van der Waals surface area contributed by atoms with Crippen LogP contribution in [0, 0.1) is 20.5 Å². The van der Waals surface area contributed by atoms with Crippen molar-refractivity contribution in [2.45, 2.75) is 0 Å². The fourth-order valence-corrected chi connectivity index (χ4v) is 1.87. The van der Waals surface area contributed by atoms with Crippen LogP contribution in [0.1, 0.15) is 0 Å². The number of nitrogens with one attached hydrogen (secondary N) is 1. The van der Waals surface area contributed by atoms with Crippen molar-refractivity contribution in [3.05, 3.63) is 20.5 Å². The van der Waals surface area contributed by atoms with Gasteiger partial charge >= 0.3 is 22.8 Å². The van der Waals surface area contributed by atoms with E-state index in [0.717, 1.165) is 0 Å². The molecule has 21 heavy (non-hydrogen) atoms. The van der Waals surface area contributed by atoms with Crippen molar-refractivity contribution in [2.75, 3.05) is 5.32 Å². The Bertz CT molecular complexity index is 911. The Kier molecular flexibility index (Phi) is 2.28. The van der Waals surface area contributed by atoms with E-state index in [0.29, 0.717) is 0 Å². The number of primary amides is 1. The predicted octanol–water partition coefficient (Wildman–Crippen LogP) is -1.37. The molecule has 3 N–H and O–H groups in total. The van der Waals surface area contributed by atoms with Crippen LogP contribution in [-0.4, -0.2) is 21.3 Å². The molecule has 0 atom stereocenters. The number of urea groups is 1. The maximum atomic E-state index is 11.5. The molecule has 0 bridgehead atoms. The number of hydrogen-bond donors (Lipinski definition) is 2. The van der Waals surface area contributed by atoms with Crippen molar-refractivity contribution >= 4 is 39.5 Å². The van der Waals surface area contributed by atoms with E-state index in [1.807, 2.05) is 5.32 Å². The van der Waals surface area contributed by atoms with Gasteiger partial charge in [0.2, 0.25) is 0 Å². The summed E-state index contributed by atoms with van der Waals surface area (Å²) >= 11 is 0. The second-order valence-electron chi connectivity index (χ2n) is 3.72. The predicted molar refractivity (Wildman–Crippen MR) is 59.4 cm³/mol. The van der Waals surface area contributed by atoms with Crippen LogP contribution in [0.25, 0.3) is 22.1 Å². The summed E-state index contributed by atoms with van der Waals surface area (Å²) in [6, 6.07) is -1.18. The molecule has 3 rings (SSSR count). The van der Waals surface area contributed by atoms with E-state index in [-0.39, 0.29) is 15.3 Å².